The Hall–Kier alpha value is -2.15. The van der Waals surface area contributed by atoms with Gasteiger partial charge in [0.05, 0.1) is 16.4 Å². The molecule has 1 aliphatic heterocycles. The maximum Gasteiger partial charge on any atom is 0.221 e. The van der Waals surface area contributed by atoms with E-state index in [0.717, 1.165) is 12.8 Å². The van der Waals surface area contributed by atoms with Gasteiger partial charge in [0, 0.05) is 19.4 Å². The van der Waals surface area contributed by atoms with Crippen LogP contribution in [0.1, 0.15) is 57.2 Å². The van der Waals surface area contributed by atoms with E-state index < -0.39 is 0 Å². The van der Waals surface area contributed by atoms with Gasteiger partial charge < -0.3 is 0 Å². The van der Waals surface area contributed by atoms with Crippen LogP contribution in [0.3, 0.4) is 0 Å². The molecule has 2 heterocycles. The van der Waals surface area contributed by atoms with Crippen molar-refractivity contribution in [3.05, 3.63) is 65.4 Å². The van der Waals surface area contributed by atoms with Gasteiger partial charge in [-0.1, -0.05) is 38.1 Å². The number of aryl methyl sites for hydroxylation is 2. The predicted molar refractivity (Wildman–Crippen MR) is 111 cm³/mol. The first-order chi connectivity index (χ1) is 12.4. The Kier molecular flexibility index (Phi) is 3.77. The van der Waals surface area contributed by atoms with E-state index in [4.69, 9.17) is 0 Å². The van der Waals surface area contributed by atoms with Gasteiger partial charge in [0.1, 0.15) is 0 Å². The number of pyridine rings is 1. The third kappa shape index (κ3) is 2.00. The normalized spacial score (nSPS) is 24.4. The first kappa shape index (κ1) is 17.3. The van der Waals surface area contributed by atoms with Crippen LogP contribution in [-0.2, 0) is 11.0 Å². The minimum absolute atomic E-state index is 0.0514. The van der Waals surface area contributed by atoms with Crippen LogP contribution >= 0.6 is 0 Å². The summed E-state index contributed by atoms with van der Waals surface area (Å²) >= 11 is 0. The van der Waals surface area contributed by atoms with Crippen LogP contribution in [-0.4, -0.2) is 0 Å². The molecule has 0 spiro atoms. The fourth-order valence-electron chi connectivity index (χ4n) is 5.06. The third-order valence-corrected chi connectivity index (χ3v) is 7.46. The van der Waals surface area contributed by atoms with Crippen LogP contribution in [0.4, 0.5) is 0 Å². The van der Waals surface area contributed by atoms with Crippen LogP contribution in [0.2, 0.25) is 0 Å². The Balaban J connectivity index is 2.23. The lowest BCUT2D eigenvalue weighted by atomic mass is 9.60. The van der Waals surface area contributed by atoms with Gasteiger partial charge in [0.25, 0.3) is 0 Å². The fourth-order valence-corrected chi connectivity index (χ4v) is 5.06. The van der Waals surface area contributed by atoms with Crippen LogP contribution in [0.25, 0.3) is 22.0 Å². The Bertz CT molecular complexity index is 1020. The molecule has 0 saturated heterocycles. The van der Waals surface area contributed by atoms with Crippen LogP contribution in [0.15, 0.2) is 48.7 Å². The van der Waals surface area contributed by atoms with Crippen LogP contribution in [0, 0.1) is 13.8 Å². The first-order valence-electron chi connectivity index (χ1n) is 9.93. The van der Waals surface area contributed by atoms with Crippen molar-refractivity contribution in [1.29, 1.82) is 0 Å². The molecule has 4 rings (SSSR count). The van der Waals surface area contributed by atoms with Gasteiger partial charge >= 0.3 is 0 Å². The second-order valence-electron chi connectivity index (χ2n) is 8.42. The zero-order valence-electron chi connectivity index (χ0n) is 17.0. The molecule has 2 unspecified atom stereocenters. The van der Waals surface area contributed by atoms with E-state index in [1.54, 1.807) is 0 Å². The molecule has 134 valence electrons. The summed E-state index contributed by atoms with van der Waals surface area (Å²) in [4.78, 5) is 0. The molecule has 0 bridgehead atoms. The van der Waals surface area contributed by atoms with Gasteiger partial charge in [-0.3, -0.25) is 0 Å². The minimum Gasteiger partial charge on any atom is -0.192 e. The maximum absolute atomic E-state index is 2.58. The van der Waals surface area contributed by atoms with Gasteiger partial charge in [-0.25, -0.2) is 0 Å². The Morgan fingerprint density at radius 1 is 0.885 bits per heavy atom. The molecule has 3 aromatic rings. The molecular formula is C25H30N+. The van der Waals surface area contributed by atoms with E-state index in [1.165, 1.54) is 38.7 Å². The average molecular weight is 345 g/mol. The lowest BCUT2D eigenvalue weighted by Crippen LogP contribution is -2.67. The molecule has 0 radical (unpaired) electrons. The van der Waals surface area contributed by atoms with Crippen molar-refractivity contribution in [3.8, 4) is 11.3 Å². The van der Waals surface area contributed by atoms with Gasteiger partial charge in [0.2, 0.25) is 5.69 Å². The SMILES string of the molecule is CCC1(C)c2cc(C)c(C)cc2-c2c3ccccc3cc[n+]2C1(C)CC. The van der Waals surface area contributed by atoms with E-state index in [-0.39, 0.29) is 11.0 Å². The number of rotatable bonds is 2. The molecule has 1 aromatic heterocycles. The Labute approximate surface area is 157 Å². The highest BCUT2D eigenvalue weighted by Gasteiger charge is 2.56. The van der Waals surface area contributed by atoms with Crippen molar-refractivity contribution in [2.75, 3.05) is 0 Å². The molecule has 0 fully saturated rings. The molecule has 2 aromatic carbocycles. The van der Waals surface area contributed by atoms with Crippen molar-refractivity contribution < 1.29 is 4.57 Å². The van der Waals surface area contributed by atoms with Gasteiger partial charge in [0.15, 0.2) is 11.7 Å². The number of fused-ring (bicyclic) bond motifs is 5. The summed E-state index contributed by atoms with van der Waals surface area (Å²) in [6.07, 6.45) is 4.57. The smallest absolute Gasteiger partial charge is 0.192 e. The average Bonchev–Trinajstić information content (AvgIpc) is 2.66. The fraction of sp³-hybridized carbons (Fsp3) is 0.400. The van der Waals surface area contributed by atoms with Crippen molar-refractivity contribution >= 4 is 10.8 Å². The van der Waals surface area contributed by atoms with Crippen molar-refractivity contribution in [2.24, 2.45) is 0 Å². The summed E-state index contributed by atoms with van der Waals surface area (Å²) < 4.78 is 2.58. The maximum atomic E-state index is 2.58. The van der Waals surface area contributed by atoms with E-state index in [9.17, 15) is 0 Å². The molecule has 26 heavy (non-hydrogen) atoms. The monoisotopic (exact) mass is 344 g/mol. The first-order valence-corrected chi connectivity index (χ1v) is 9.93. The number of benzene rings is 2. The number of hydrogen-bond acceptors (Lipinski definition) is 0. The Morgan fingerprint density at radius 2 is 1.58 bits per heavy atom. The zero-order valence-corrected chi connectivity index (χ0v) is 17.0. The molecule has 0 saturated carbocycles. The molecule has 2 atom stereocenters. The van der Waals surface area contributed by atoms with E-state index >= 15 is 0 Å². The molecule has 1 aliphatic rings. The highest BCUT2D eigenvalue weighted by molar-refractivity contribution is 5.94. The zero-order chi connectivity index (χ0) is 18.7. The number of aromatic nitrogens is 1. The highest BCUT2D eigenvalue weighted by atomic mass is 15.1. The molecule has 0 aliphatic carbocycles. The predicted octanol–water partition coefficient (Wildman–Crippen LogP) is 6.22. The second-order valence-corrected chi connectivity index (χ2v) is 8.42. The molecule has 1 heteroatoms. The van der Waals surface area contributed by atoms with Crippen molar-refractivity contribution in [3.63, 3.8) is 0 Å². The van der Waals surface area contributed by atoms with Gasteiger partial charge in [-0.2, -0.15) is 4.57 Å². The molecule has 1 nitrogen and oxygen atoms in total. The van der Waals surface area contributed by atoms with Crippen molar-refractivity contribution in [1.82, 2.24) is 0 Å². The van der Waals surface area contributed by atoms with Crippen molar-refractivity contribution in [2.45, 2.75) is 65.3 Å². The second kappa shape index (κ2) is 5.67. The van der Waals surface area contributed by atoms with Gasteiger partial charge in [-0.05, 0) is 61.4 Å². The molecule has 0 N–H and O–H groups in total. The summed E-state index contributed by atoms with van der Waals surface area (Å²) in [5, 5.41) is 2.68. The quantitative estimate of drug-likeness (QED) is 0.486. The molecule has 0 amide bonds. The number of hydrogen-bond donors (Lipinski definition) is 0. The lowest BCUT2D eigenvalue weighted by molar-refractivity contribution is -0.764. The summed E-state index contributed by atoms with van der Waals surface area (Å²) in [6.45, 7) is 14.1. The minimum atomic E-state index is 0.0514. The van der Waals surface area contributed by atoms with Crippen LogP contribution in [0.5, 0.6) is 0 Å². The van der Waals surface area contributed by atoms with E-state index in [2.05, 4.69) is 94.8 Å². The van der Waals surface area contributed by atoms with E-state index in [0.29, 0.717) is 0 Å². The summed E-state index contributed by atoms with van der Waals surface area (Å²) in [6, 6.07) is 16.0. The Morgan fingerprint density at radius 3 is 2.27 bits per heavy atom. The van der Waals surface area contributed by atoms with E-state index in [1.807, 2.05) is 0 Å². The lowest BCUT2D eigenvalue weighted by Gasteiger charge is -2.46. The highest BCUT2D eigenvalue weighted by Crippen LogP contribution is 2.51. The topological polar surface area (TPSA) is 3.88 Å². The summed E-state index contributed by atoms with van der Waals surface area (Å²) in [7, 11) is 0. The third-order valence-electron chi connectivity index (χ3n) is 7.46. The number of nitrogens with zero attached hydrogens (tertiary/aromatic N) is 1. The summed E-state index contributed by atoms with van der Waals surface area (Å²) in [5.74, 6) is 0. The molecular weight excluding hydrogens is 314 g/mol. The largest absolute Gasteiger partial charge is 0.221 e. The standard InChI is InChI=1S/C25H30N/c1-7-24(5)22-16-18(4)17(3)15-21(22)23-20-12-10-9-11-19(20)13-14-26(23)25(24,6)8-2/h9-16H,7-8H2,1-6H3/q+1. The summed E-state index contributed by atoms with van der Waals surface area (Å²) in [5.41, 5.74) is 7.25. The van der Waals surface area contributed by atoms with Crippen LogP contribution < -0.4 is 4.57 Å². The van der Waals surface area contributed by atoms with Gasteiger partial charge in [-0.15, -0.1) is 0 Å².